The van der Waals surface area contributed by atoms with E-state index >= 15 is 0 Å². The van der Waals surface area contributed by atoms with E-state index in [1.165, 1.54) is 5.47 Å². The van der Waals surface area contributed by atoms with Crippen LogP contribution in [0.3, 0.4) is 0 Å². The van der Waals surface area contributed by atoms with E-state index < -0.39 is 0 Å². The van der Waals surface area contributed by atoms with Crippen LogP contribution in [-0.2, 0) is 9.31 Å². The lowest BCUT2D eigenvalue weighted by atomic mass is 9.79. The predicted molar refractivity (Wildman–Crippen MR) is 48.7 cm³/mol. The van der Waals surface area contributed by atoms with Crippen LogP contribution < -0.4 is 0 Å². The van der Waals surface area contributed by atoms with E-state index in [2.05, 4.69) is 18.2 Å². The lowest BCUT2D eigenvalue weighted by Gasteiger charge is -2.04. The second-order valence-electron chi connectivity index (χ2n) is 3.36. The second-order valence-corrected chi connectivity index (χ2v) is 3.36. The molecule has 1 aliphatic carbocycles. The molecule has 0 aromatic rings. The van der Waals surface area contributed by atoms with Crippen LogP contribution in [0.4, 0.5) is 0 Å². The van der Waals surface area contributed by atoms with Crippen molar-refractivity contribution in [3.63, 3.8) is 0 Å². The second kappa shape index (κ2) is 3.07. The van der Waals surface area contributed by atoms with Gasteiger partial charge in [-0.3, -0.25) is 0 Å². The third-order valence-corrected chi connectivity index (χ3v) is 2.41. The zero-order valence-electron chi connectivity index (χ0n) is 7.49. The van der Waals surface area contributed by atoms with Crippen molar-refractivity contribution in [2.45, 2.75) is 32.5 Å². The standard InChI is InChI=1S/C9H13BO2/c1-7-8(2)12-10(11-7)9-5-3-4-6-9/h3,5-8H,4H2,1-2H3/t7-,8-/m1/s1. The van der Waals surface area contributed by atoms with Gasteiger partial charge in [0.2, 0.25) is 0 Å². The highest BCUT2D eigenvalue weighted by molar-refractivity contribution is 6.55. The molecule has 2 nitrogen and oxygen atoms in total. The van der Waals surface area contributed by atoms with Crippen LogP contribution in [0.5, 0.6) is 0 Å². The van der Waals surface area contributed by atoms with Crippen molar-refractivity contribution in [3.8, 4) is 0 Å². The molecular weight excluding hydrogens is 151 g/mol. The van der Waals surface area contributed by atoms with Gasteiger partial charge < -0.3 is 9.31 Å². The minimum absolute atomic E-state index is 0.117. The summed E-state index contributed by atoms with van der Waals surface area (Å²) in [7, 11) is -0.117. The molecule has 0 aromatic heterocycles. The van der Waals surface area contributed by atoms with Gasteiger partial charge in [-0.25, -0.2) is 0 Å². The number of rotatable bonds is 1. The van der Waals surface area contributed by atoms with Gasteiger partial charge in [-0.2, -0.15) is 0 Å². The third kappa shape index (κ3) is 1.34. The molecule has 0 N–H and O–H groups in total. The highest BCUT2D eigenvalue weighted by atomic mass is 16.7. The summed E-state index contributed by atoms with van der Waals surface area (Å²) < 4.78 is 11.2. The van der Waals surface area contributed by atoms with Crippen molar-refractivity contribution in [2.75, 3.05) is 0 Å². The van der Waals surface area contributed by atoms with Crippen LogP contribution in [-0.4, -0.2) is 19.3 Å². The van der Waals surface area contributed by atoms with Crippen molar-refractivity contribution >= 4 is 7.12 Å². The summed E-state index contributed by atoms with van der Waals surface area (Å²) in [5, 5.41) is 0. The van der Waals surface area contributed by atoms with Gasteiger partial charge in [0.15, 0.2) is 0 Å². The maximum Gasteiger partial charge on any atom is 0.494 e. The van der Waals surface area contributed by atoms with Gasteiger partial charge in [-0.1, -0.05) is 18.2 Å². The summed E-state index contributed by atoms with van der Waals surface area (Å²) in [5.74, 6) is 0. The first-order valence-electron chi connectivity index (χ1n) is 4.45. The van der Waals surface area contributed by atoms with Gasteiger partial charge in [-0.05, 0) is 25.7 Å². The van der Waals surface area contributed by atoms with Gasteiger partial charge in [0.05, 0.1) is 12.2 Å². The van der Waals surface area contributed by atoms with E-state index in [9.17, 15) is 0 Å². The molecule has 1 aliphatic heterocycles. The Morgan fingerprint density at radius 1 is 1.33 bits per heavy atom. The maximum absolute atomic E-state index is 5.62. The van der Waals surface area contributed by atoms with Crippen LogP contribution >= 0.6 is 0 Å². The third-order valence-electron chi connectivity index (χ3n) is 2.41. The van der Waals surface area contributed by atoms with Crippen molar-refractivity contribution in [1.82, 2.24) is 0 Å². The molecule has 0 aromatic carbocycles. The van der Waals surface area contributed by atoms with E-state index in [4.69, 9.17) is 9.31 Å². The zero-order valence-corrected chi connectivity index (χ0v) is 7.49. The Kier molecular flexibility index (Phi) is 2.07. The molecule has 0 saturated carbocycles. The predicted octanol–water partition coefficient (Wildman–Crippen LogP) is 1.72. The monoisotopic (exact) mass is 164 g/mol. The van der Waals surface area contributed by atoms with Crippen LogP contribution in [0.1, 0.15) is 20.3 Å². The molecule has 2 atom stereocenters. The minimum atomic E-state index is -0.117. The summed E-state index contributed by atoms with van der Waals surface area (Å²) in [6, 6.07) is 0. The molecule has 0 amide bonds. The Bertz CT molecular complexity index is 225. The van der Waals surface area contributed by atoms with Gasteiger partial charge in [-0.15, -0.1) is 0 Å². The largest absolute Gasteiger partial charge is 0.494 e. The fourth-order valence-electron chi connectivity index (χ4n) is 1.45. The fourth-order valence-corrected chi connectivity index (χ4v) is 1.45. The quantitative estimate of drug-likeness (QED) is 0.549. The molecule has 0 unspecified atom stereocenters. The van der Waals surface area contributed by atoms with Crippen LogP contribution in [0.15, 0.2) is 23.7 Å². The lowest BCUT2D eigenvalue weighted by molar-refractivity contribution is 0.187. The molecular formula is C9H13BO2. The van der Waals surface area contributed by atoms with Gasteiger partial charge >= 0.3 is 7.12 Å². The van der Waals surface area contributed by atoms with E-state index in [-0.39, 0.29) is 19.3 Å². The number of allylic oxidation sites excluding steroid dienone is 4. The number of hydrogen-bond donors (Lipinski definition) is 0. The first kappa shape index (κ1) is 8.08. The van der Waals surface area contributed by atoms with Gasteiger partial charge in [0.1, 0.15) is 0 Å². The zero-order chi connectivity index (χ0) is 8.55. The molecule has 1 saturated heterocycles. The molecule has 12 heavy (non-hydrogen) atoms. The van der Waals surface area contributed by atoms with Crippen molar-refractivity contribution in [2.24, 2.45) is 0 Å². The Hall–Kier alpha value is -0.535. The van der Waals surface area contributed by atoms with E-state index in [1.807, 2.05) is 13.8 Å². The average molecular weight is 164 g/mol. The van der Waals surface area contributed by atoms with Crippen molar-refractivity contribution < 1.29 is 9.31 Å². The highest BCUT2D eigenvalue weighted by Crippen LogP contribution is 2.23. The molecule has 2 aliphatic rings. The first-order valence-corrected chi connectivity index (χ1v) is 4.45. The summed E-state index contributed by atoms with van der Waals surface area (Å²) in [6.07, 6.45) is 7.79. The average Bonchev–Trinajstić information content (AvgIpc) is 2.61. The van der Waals surface area contributed by atoms with Gasteiger partial charge in [0.25, 0.3) is 0 Å². The smallest absolute Gasteiger partial charge is 0.402 e. The molecule has 1 heterocycles. The summed E-state index contributed by atoms with van der Waals surface area (Å²) in [5.41, 5.74) is 1.17. The van der Waals surface area contributed by atoms with Gasteiger partial charge in [0, 0.05) is 0 Å². The Morgan fingerprint density at radius 2 is 2.00 bits per heavy atom. The molecule has 2 rings (SSSR count). The maximum atomic E-state index is 5.62. The SMILES string of the molecule is C[C@H]1OB(C2=CCC=C2)O[C@@H]1C. The van der Waals surface area contributed by atoms with Crippen LogP contribution in [0.2, 0.25) is 0 Å². The molecule has 1 fully saturated rings. The summed E-state index contributed by atoms with van der Waals surface area (Å²) >= 11 is 0. The van der Waals surface area contributed by atoms with Crippen LogP contribution in [0.25, 0.3) is 0 Å². The van der Waals surface area contributed by atoms with Crippen LogP contribution in [0, 0.1) is 0 Å². The molecule has 0 bridgehead atoms. The molecule has 3 heteroatoms. The highest BCUT2D eigenvalue weighted by Gasteiger charge is 2.36. The topological polar surface area (TPSA) is 18.5 Å². The first-order chi connectivity index (χ1) is 5.77. The summed E-state index contributed by atoms with van der Waals surface area (Å²) in [4.78, 5) is 0. The number of hydrogen-bond acceptors (Lipinski definition) is 2. The lowest BCUT2D eigenvalue weighted by Crippen LogP contribution is -2.17. The van der Waals surface area contributed by atoms with E-state index in [0.717, 1.165) is 6.42 Å². The summed E-state index contributed by atoms with van der Waals surface area (Å²) in [6.45, 7) is 4.09. The van der Waals surface area contributed by atoms with E-state index in [0.29, 0.717) is 0 Å². The minimum Gasteiger partial charge on any atom is -0.402 e. The molecule has 0 radical (unpaired) electrons. The molecule has 0 spiro atoms. The normalized spacial score (nSPS) is 34.5. The van der Waals surface area contributed by atoms with Crippen molar-refractivity contribution in [1.29, 1.82) is 0 Å². The molecule has 64 valence electrons. The van der Waals surface area contributed by atoms with E-state index in [1.54, 1.807) is 0 Å². The van der Waals surface area contributed by atoms with Crippen molar-refractivity contribution in [3.05, 3.63) is 23.7 Å². The Labute approximate surface area is 73.4 Å². The fraction of sp³-hybridized carbons (Fsp3) is 0.556. The Balaban J connectivity index is 2.03. The Morgan fingerprint density at radius 3 is 2.50 bits per heavy atom.